The Hall–Kier alpha value is -3.32. The highest BCUT2D eigenvalue weighted by Gasteiger charge is 2.24. The Morgan fingerprint density at radius 3 is 2.86 bits per heavy atom. The lowest BCUT2D eigenvalue weighted by Crippen LogP contribution is -1.98. The molecule has 0 saturated heterocycles. The van der Waals surface area contributed by atoms with E-state index in [4.69, 9.17) is 19.4 Å². The number of hydrogen-bond donors (Lipinski definition) is 0. The SMILES string of the molecule is COc1ccc(C=O)cc1Oc1nc(-c2cccnc2)nc2sc3c(c12)CCC3. The Bertz CT molecular complexity index is 1220. The van der Waals surface area contributed by atoms with Crippen molar-refractivity contribution < 1.29 is 14.3 Å². The predicted molar refractivity (Wildman–Crippen MR) is 111 cm³/mol. The van der Waals surface area contributed by atoms with Crippen molar-refractivity contribution in [2.45, 2.75) is 19.3 Å². The number of fused-ring (bicyclic) bond motifs is 3. The van der Waals surface area contributed by atoms with Gasteiger partial charge in [-0.05, 0) is 55.2 Å². The quantitative estimate of drug-likeness (QED) is 0.443. The molecule has 0 amide bonds. The summed E-state index contributed by atoms with van der Waals surface area (Å²) in [7, 11) is 1.57. The third kappa shape index (κ3) is 3.13. The summed E-state index contributed by atoms with van der Waals surface area (Å²) in [5.74, 6) is 2.03. The van der Waals surface area contributed by atoms with Gasteiger partial charge in [-0.1, -0.05) is 0 Å². The standard InChI is InChI=1S/C22H17N3O3S/c1-27-16-8-7-13(12-26)10-17(16)28-21-19-15-5-2-6-18(15)29-22(19)25-20(24-21)14-4-3-9-23-11-14/h3-4,7-12H,2,5-6H2,1H3. The first-order valence-electron chi connectivity index (χ1n) is 9.30. The number of aldehydes is 1. The van der Waals surface area contributed by atoms with E-state index in [9.17, 15) is 4.79 Å². The van der Waals surface area contributed by atoms with E-state index in [1.54, 1.807) is 49.0 Å². The van der Waals surface area contributed by atoms with Crippen LogP contribution in [-0.2, 0) is 12.8 Å². The topological polar surface area (TPSA) is 74.2 Å². The highest BCUT2D eigenvalue weighted by molar-refractivity contribution is 7.19. The maximum Gasteiger partial charge on any atom is 0.232 e. The average Bonchev–Trinajstić information content (AvgIpc) is 3.35. The Labute approximate surface area is 171 Å². The molecule has 5 rings (SSSR count). The van der Waals surface area contributed by atoms with Crippen LogP contribution in [0.2, 0.25) is 0 Å². The molecule has 0 bridgehead atoms. The number of hydrogen-bond acceptors (Lipinski definition) is 7. The van der Waals surface area contributed by atoms with Crippen LogP contribution < -0.4 is 9.47 Å². The molecular weight excluding hydrogens is 386 g/mol. The Balaban J connectivity index is 1.71. The number of rotatable bonds is 5. The van der Waals surface area contributed by atoms with Gasteiger partial charge in [-0.15, -0.1) is 11.3 Å². The number of aromatic nitrogens is 3. The van der Waals surface area contributed by atoms with Gasteiger partial charge >= 0.3 is 0 Å². The van der Waals surface area contributed by atoms with Gasteiger partial charge in [-0.3, -0.25) is 9.78 Å². The van der Waals surface area contributed by atoms with Gasteiger partial charge in [0, 0.05) is 28.4 Å². The molecule has 0 fully saturated rings. The number of methoxy groups -OCH3 is 1. The Morgan fingerprint density at radius 2 is 2.07 bits per heavy atom. The van der Waals surface area contributed by atoms with E-state index in [-0.39, 0.29) is 0 Å². The largest absolute Gasteiger partial charge is 0.493 e. The molecule has 6 nitrogen and oxygen atoms in total. The highest BCUT2D eigenvalue weighted by atomic mass is 32.1. The summed E-state index contributed by atoms with van der Waals surface area (Å²) in [6.45, 7) is 0. The van der Waals surface area contributed by atoms with Crippen molar-refractivity contribution in [1.82, 2.24) is 15.0 Å². The average molecular weight is 403 g/mol. The predicted octanol–water partition coefficient (Wildman–Crippen LogP) is 4.86. The molecular formula is C22H17N3O3S. The van der Waals surface area contributed by atoms with Gasteiger partial charge in [0.2, 0.25) is 5.88 Å². The van der Waals surface area contributed by atoms with Gasteiger partial charge < -0.3 is 9.47 Å². The summed E-state index contributed by atoms with van der Waals surface area (Å²) in [4.78, 5) is 27.2. The molecule has 29 heavy (non-hydrogen) atoms. The van der Waals surface area contributed by atoms with E-state index in [1.807, 2.05) is 12.1 Å². The van der Waals surface area contributed by atoms with Gasteiger partial charge in [0.1, 0.15) is 11.1 Å². The van der Waals surface area contributed by atoms with Crippen molar-refractivity contribution in [3.63, 3.8) is 0 Å². The molecule has 0 spiro atoms. The van der Waals surface area contributed by atoms with E-state index in [1.165, 1.54) is 10.4 Å². The molecule has 4 aromatic rings. The highest BCUT2D eigenvalue weighted by Crippen LogP contribution is 2.43. The van der Waals surface area contributed by atoms with Crippen molar-refractivity contribution in [3.05, 3.63) is 58.7 Å². The molecule has 0 atom stereocenters. The third-order valence-electron chi connectivity index (χ3n) is 4.98. The summed E-state index contributed by atoms with van der Waals surface area (Å²) in [5, 5.41) is 0.952. The zero-order valence-electron chi connectivity index (χ0n) is 15.7. The number of carbonyl (C=O) groups is 1. The molecule has 0 saturated carbocycles. The molecule has 1 aliphatic rings. The maximum absolute atomic E-state index is 11.2. The Kier molecular flexibility index (Phi) is 4.44. The van der Waals surface area contributed by atoms with Crippen LogP contribution in [0.15, 0.2) is 42.7 Å². The van der Waals surface area contributed by atoms with Crippen LogP contribution in [0, 0.1) is 0 Å². The zero-order chi connectivity index (χ0) is 19.8. The van der Waals surface area contributed by atoms with Crippen LogP contribution in [0.4, 0.5) is 0 Å². The van der Waals surface area contributed by atoms with Crippen LogP contribution in [0.25, 0.3) is 21.6 Å². The molecule has 1 aliphatic carbocycles. The molecule has 3 aromatic heterocycles. The minimum atomic E-state index is 0.451. The van der Waals surface area contributed by atoms with E-state index < -0.39 is 0 Å². The fourth-order valence-corrected chi connectivity index (χ4v) is 4.86. The number of carbonyl (C=O) groups excluding carboxylic acids is 1. The van der Waals surface area contributed by atoms with Crippen LogP contribution >= 0.6 is 11.3 Å². The summed E-state index contributed by atoms with van der Waals surface area (Å²) in [5.41, 5.74) is 2.60. The monoisotopic (exact) mass is 403 g/mol. The van der Waals surface area contributed by atoms with Crippen molar-refractivity contribution in [1.29, 1.82) is 0 Å². The number of aryl methyl sites for hydroxylation is 2. The van der Waals surface area contributed by atoms with E-state index >= 15 is 0 Å². The van der Waals surface area contributed by atoms with E-state index in [0.29, 0.717) is 28.8 Å². The second-order valence-electron chi connectivity index (χ2n) is 6.76. The molecule has 0 radical (unpaired) electrons. The first-order chi connectivity index (χ1) is 14.3. The van der Waals surface area contributed by atoms with Crippen LogP contribution in [0.3, 0.4) is 0 Å². The van der Waals surface area contributed by atoms with Gasteiger partial charge in [-0.25, -0.2) is 4.98 Å². The van der Waals surface area contributed by atoms with Gasteiger partial charge in [-0.2, -0.15) is 4.98 Å². The maximum atomic E-state index is 11.2. The van der Waals surface area contributed by atoms with Crippen LogP contribution in [-0.4, -0.2) is 28.3 Å². The Morgan fingerprint density at radius 1 is 1.14 bits per heavy atom. The molecule has 0 unspecified atom stereocenters. The molecule has 144 valence electrons. The minimum Gasteiger partial charge on any atom is -0.493 e. The minimum absolute atomic E-state index is 0.451. The number of pyridine rings is 1. The number of ether oxygens (including phenoxy) is 2. The molecule has 0 aliphatic heterocycles. The van der Waals surface area contributed by atoms with Gasteiger partial charge in [0.25, 0.3) is 0 Å². The van der Waals surface area contributed by atoms with Crippen molar-refractivity contribution in [3.8, 4) is 28.8 Å². The van der Waals surface area contributed by atoms with Gasteiger partial charge in [0.05, 0.1) is 12.5 Å². The lowest BCUT2D eigenvalue weighted by Gasteiger charge is -2.12. The second kappa shape index (κ2) is 7.25. The van der Waals surface area contributed by atoms with Crippen molar-refractivity contribution in [2.75, 3.05) is 7.11 Å². The zero-order valence-corrected chi connectivity index (χ0v) is 16.5. The normalized spacial score (nSPS) is 12.7. The smallest absolute Gasteiger partial charge is 0.232 e. The fraction of sp³-hybridized carbons (Fsp3) is 0.182. The molecule has 1 aromatic carbocycles. The third-order valence-corrected chi connectivity index (χ3v) is 6.17. The van der Waals surface area contributed by atoms with Crippen molar-refractivity contribution >= 4 is 27.8 Å². The first-order valence-corrected chi connectivity index (χ1v) is 10.1. The van der Waals surface area contributed by atoms with E-state index in [0.717, 1.165) is 41.3 Å². The summed E-state index contributed by atoms with van der Waals surface area (Å²) >= 11 is 1.70. The van der Waals surface area contributed by atoms with E-state index in [2.05, 4.69) is 4.98 Å². The van der Waals surface area contributed by atoms with Crippen LogP contribution in [0.1, 0.15) is 27.2 Å². The number of nitrogens with zero attached hydrogens (tertiary/aromatic N) is 3. The number of benzene rings is 1. The molecule has 3 heterocycles. The summed E-state index contributed by atoms with van der Waals surface area (Å²) in [6.07, 6.45) is 7.42. The molecule has 0 N–H and O–H groups in total. The fourth-order valence-electron chi connectivity index (χ4n) is 3.61. The second-order valence-corrected chi connectivity index (χ2v) is 7.85. The van der Waals surface area contributed by atoms with Crippen molar-refractivity contribution in [2.24, 2.45) is 0 Å². The summed E-state index contributed by atoms with van der Waals surface area (Å²) in [6, 6.07) is 8.85. The molecule has 7 heteroatoms. The lowest BCUT2D eigenvalue weighted by atomic mass is 10.2. The first kappa shape index (κ1) is 17.8. The van der Waals surface area contributed by atoms with Gasteiger partial charge in [0.15, 0.2) is 17.3 Å². The lowest BCUT2D eigenvalue weighted by molar-refractivity contribution is 0.112. The number of thiophene rings is 1. The summed E-state index contributed by atoms with van der Waals surface area (Å²) < 4.78 is 11.7. The van der Waals surface area contributed by atoms with Crippen LogP contribution in [0.5, 0.6) is 17.4 Å².